The first-order chi connectivity index (χ1) is 26.7. The van der Waals surface area contributed by atoms with Crippen LogP contribution in [0.4, 0.5) is 5.69 Å². The third kappa shape index (κ3) is 6.76. The molecule has 55 heavy (non-hydrogen) atoms. The molecule has 1 atom stereocenters. The number of carbonyl (C=O) groups excluding carboxylic acids is 1. The molecule has 0 N–H and O–H groups in total. The standard InChI is InChI=1S/C43H39N5O6S/c1-6-45(7-2)42(50)38-27(3)44-43-47(40(38)34-26-33(53-4)22-23-36(34)54-5)41(49)37(55-43)25-30-24-35(28-14-10-8-11-15-28)46(39(30)29-16-12-9-13-17-29)31-18-20-32(21-19-31)48(51)52/h8-26,40H,6-7H2,1-5H3/b37-25+/t40-/m1/s1. The maximum atomic E-state index is 14.9. The van der Waals surface area contributed by atoms with Gasteiger partial charge in [-0.1, -0.05) is 72.0 Å². The number of rotatable bonds is 11. The molecule has 1 aliphatic rings. The normalized spacial score (nSPS) is 14.0. The number of non-ortho nitro benzene ring substituents is 1. The van der Waals surface area contributed by atoms with Gasteiger partial charge in [0.2, 0.25) is 0 Å². The van der Waals surface area contributed by atoms with Crippen molar-refractivity contribution in [2.24, 2.45) is 4.99 Å². The monoisotopic (exact) mass is 753 g/mol. The predicted molar refractivity (Wildman–Crippen MR) is 215 cm³/mol. The molecule has 3 heterocycles. The molecule has 6 aromatic rings. The number of amides is 1. The van der Waals surface area contributed by atoms with Gasteiger partial charge in [0.25, 0.3) is 17.2 Å². The van der Waals surface area contributed by atoms with Gasteiger partial charge in [0, 0.05) is 42.0 Å². The number of nitrogens with zero attached hydrogens (tertiary/aromatic N) is 5. The number of allylic oxidation sites excluding steroid dienone is 1. The van der Waals surface area contributed by atoms with E-state index in [1.165, 1.54) is 23.5 Å². The molecular weight excluding hydrogens is 715 g/mol. The van der Waals surface area contributed by atoms with Crippen LogP contribution in [0.1, 0.15) is 37.9 Å². The lowest BCUT2D eigenvalue weighted by atomic mass is 9.93. The van der Waals surface area contributed by atoms with Gasteiger partial charge in [0.05, 0.1) is 46.3 Å². The van der Waals surface area contributed by atoms with Crippen molar-refractivity contribution in [1.82, 2.24) is 14.0 Å². The highest BCUT2D eigenvalue weighted by Gasteiger charge is 2.36. The number of thiazole rings is 1. The van der Waals surface area contributed by atoms with Crippen molar-refractivity contribution < 1.29 is 19.2 Å². The smallest absolute Gasteiger partial charge is 0.271 e. The molecule has 4 aromatic carbocycles. The summed E-state index contributed by atoms with van der Waals surface area (Å²) in [7, 11) is 3.12. The van der Waals surface area contributed by atoms with Crippen molar-refractivity contribution in [1.29, 1.82) is 0 Å². The highest BCUT2D eigenvalue weighted by molar-refractivity contribution is 7.07. The van der Waals surface area contributed by atoms with Crippen molar-refractivity contribution >= 4 is 29.0 Å². The Morgan fingerprint density at radius 3 is 2.16 bits per heavy atom. The van der Waals surface area contributed by atoms with Gasteiger partial charge in [-0.25, -0.2) is 4.99 Å². The van der Waals surface area contributed by atoms with Crippen molar-refractivity contribution in [2.75, 3.05) is 27.3 Å². The van der Waals surface area contributed by atoms with E-state index in [1.807, 2.05) is 86.7 Å². The fourth-order valence-electron chi connectivity index (χ4n) is 7.11. The summed E-state index contributed by atoms with van der Waals surface area (Å²) in [6.07, 6.45) is 1.87. The van der Waals surface area contributed by atoms with Gasteiger partial charge in [0.15, 0.2) is 4.80 Å². The van der Waals surface area contributed by atoms with Crippen molar-refractivity contribution in [2.45, 2.75) is 26.8 Å². The quantitative estimate of drug-likeness (QED) is 0.102. The van der Waals surface area contributed by atoms with Gasteiger partial charge in [-0.15, -0.1) is 0 Å². The zero-order valence-electron chi connectivity index (χ0n) is 31.1. The van der Waals surface area contributed by atoms with Crippen LogP contribution in [0.15, 0.2) is 130 Å². The number of nitro groups is 1. The van der Waals surface area contributed by atoms with E-state index >= 15 is 0 Å². The molecule has 1 aliphatic heterocycles. The van der Waals surface area contributed by atoms with Crippen LogP contribution in [0, 0.1) is 10.1 Å². The van der Waals surface area contributed by atoms with E-state index in [0.717, 1.165) is 28.1 Å². The fourth-order valence-corrected chi connectivity index (χ4v) is 8.15. The number of fused-ring (bicyclic) bond motifs is 1. The highest BCUT2D eigenvalue weighted by Crippen LogP contribution is 2.39. The SMILES string of the molecule is CCN(CC)C(=O)C1=C(C)N=c2s/c(=C/c3cc(-c4ccccc4)n(-c4ccc([N+](=O)[O-])cc4)c3-c3ccccc3)c(=O)n2[C@@H]1c1cc(OC)ccc1OC. The maximum Gasteiger partial charge on any atom is 0.271 e. The van der Waals surface area contributed by atoms with Gasteiger partial charge < -0.3 is 18.9 Å². The number of nitro benzene ring substituents is 1. The number of hydrogen-bond donors (Lipinski definition) is 0. The van der Waals surface area contributed by atoms with E-state index in [4.69, 9.17) is 14.5 Å². The summed E-state index contributed by atoms with van der Waals surface area (Å²) < 4.78 is 15.5. The zero-order valence-corrected chi connectivity index (χ0v) is 31.9. The fraction of sp³-hybridized carbons (Fsp3) is 0.186. The first kappa shape index (κ1) is 36.8. The lowest BCUT2D eigenvalue weighted by Crippen LogP contribution is -2.43. The predicted octanol–water partition coefficient (Wildman–Crippen LogP) is 7.15. The zero-order chi connectivity index (χ0) is 38.8. The minimum absolute atomic E-state index is 0.0175. The first-order valence-corrected chi connectivity index (χ1v) is 18.7. The molecule has 1 amide bonds. The van der Waals surface area contributed by atoms with Crippen LogP contribution in [0.2, 0.25) is 0 Å². The van der Waals surface area contributed by atoms with Crippen LogP contribution in [0.5, 0.6) is 11.5 Å². The molecule has 278 valence electrons. The molecule has 0 spiro atoms. The third-order valence-electron chi connectivity index (χ3n) is 9.79. The minimum Gasteiger partial charge on any atom is -0.497 e. The summed E-state index contributed by atoms with van der Waals surface area (Å²) in [5.41, 5.74) is 6.03. The van der Waals surface area contributed by atoms with E-state index in [0.29, 0.717) is 56.4 Å². The van der Waals surface area contributed by atoms with E-state index in [1.54, 1.807) is 60.9 Å². The Hall–Kier alpha value is -6.53. The first-order valence-electron chi connectivity index (χ1n) is 17.8. The van der Waals surface area contributed by atoms with Gasteiger partial charge >= 0.3 is 0 Å². The second-order valence-corrected chi connectivity index (χ2v) is 13.9. The largest absolute Gasteiger partial charge is 0.497 e. The topological polar surface area (TPSA) is 121 Å². The molecular formula is C43H39N5O6S. The van der Waals surface area contributed by atoms with Crippen molar-refractivity contribution in [3.05, 3.63) is 161 Å². The number of likely N-dealkylation sites (N-methyl/N-ethyl adjacent to an activating group) is 1. The summed E-state index contributed by atoms with van der Waals surface area (Å²) in [6, 6.07) is 32.6. The van der Waals surface area contributed by atoms with Crippen molar-refractivity contribution in [3.63, 3.8) is 0 Å². The van der Waals surface area contributed by atoms with Crippen LogP contribution in [0.25, 0.3) is 34.3 Å². The molecule has 0 bridgehead atoms. The summed E-state index contributed by atoms with van der Waals surface area (Å²) in [5, 5.41) is 11.6. The van der Waals surface area contributed by atoms with Gasteiger partial charge in [-0.05, 0) is 74.4 Å². The Morgan fingerprint density at radius 2 is 1.56 bits per heavy atom. The minimum atomic E-state index is -0.852. The average Bonchev–Trinajstić information content (AvgIpc) is 3.74. The summed E-state index contributed by atoms with van der Waals surface area (Å²) >= 11 is 1.24. The highest BCUT2D eigenvalue weighted by atomic mass is 32.1. The summed E-state index contributed by atoms with van der Waals surface area (Å²) in [6.45, 7) is 6.61. The van der Waals surface area contributed by atoms with Gasteiger partial charge in [0.1, 0.15) is 17.5 Å². The molecule has 0 radical (unpaired) electrons. The molecule has 7 rings (SSSR count). The van der Waals surface area contributed by atoms with Crippen LogP contribution in [-0.2, 0) is 4.79 Å². The number of benzene rings is 4. The van der Waals surface area contributed by atoms with E-state index < -0.39 is 11.0 Å². The Bertz CT molecular complexity index is 2620. The average molecular weight is 754 g/mol. The lowest BCUT2D eigenvalue weighted by molar-refractivity contribution is -0.384. The van der Waals surface area contributed by atoms with E-state index in [-0.39, 0.29) is 17.2 Å². The Balaban J connectivity index is 1.52. The molecule has 12 heteroatoms. The Kier molecular flexibility index (Phi) is 10.3. The van der Waals surface area contributed by atoms with Crippen LogP contribution in [0.3, 0.4) is 0 Å². The molecule has 0 saturated carbocycles. The number of carbonyl (C=O) groups is 1. The molecule has 0 aliphatic carbocycles. The molecule has 0 unspecified atom stereocenters. The Labute approximate surface area is 321 Å². The van der Waals surface area contributed by atoms with Crippen LogP contribution < -0.4 is 24.4 Å². The van der Waals surface area contributed by atoms with Crippen LogP contribution in [-0.4, -0.2) is 52.2 Å². The molecule has 2 aromatic heterocycles. The molecule has 11 nitrogen and oxygen atoms in total. The number of hydrogen-bond acceptors (Lipinski definition) is 8. The van der Waals surface area contributed by atoms with Crippen molar-refractivity contribution in [3.8, 4) is 39.7 Å². The van der Waals surface area contributed by atoms with Gasteiger partial charge in [-0.3, -0.25) is 24.3 Å². The summed E-state index contributed by atoms with van der Waals surface area (Å²) in [4.78, 5) is 47.4. The lowest BCUT2D eigenvalue weighted by Gasteiger charge is -2.30. The maximum absolute atomic E-state index is 14.9. The number of methoxy groups -OCH3 is 2. The third-order valence-corrected chi connectivity index (χ3v) is 10.8. The second-order valence-electron chi connectivity index (χ2n) is 12.8. The second kappa shape index (κ2) is 15.4. The van der Waals surface area contributed by atoms with Gasteiger partial charge in [-0.2, -0.15) is 0 Å². The van der Waals surface area contributed by atoms with Crippen LogP contribution >= 0.6 is 11.3 Å². The molecule has 0 saturated heterocycles. The molecule has 0 fully saturated rings. The Morgan fingerprint density at radius 1 is 0.909 bits per heavy atom. The number of aromatic nitrogens is 2. The van der Waals surface area contributed by atoms with E-state index in [2.05, 4.69) is 4.57 Å². The number of ether oxygens (including phenoxy) is 2. The van der Waals surface area contributed by atoms with E-state index in [9.17, 15) is 19.7 Å². The summed E-state index contributed by atoms with van der Waals surface area (Å²) in [5.74, 6) is 0.837.